The van der Waals surface area contributed by atoms with Gasteiger partial charge in [0, 0.05) is 37.8 Å². The molecule has 35 heavy (non-hydrogen) atoms. The summed E-state index contributed by atoms with van der Waals surface area (Å²) in [4.78, 5) is 26.2. The first-order chi connectivity index (χ1) is 16.7. The number of hydrogen-bond acceptors (Lipinski definition) is 7. The third kappa shape index (κ3) is 5.21. The zero-order valence-corrected chi connectivity index (χ0v) is 21.0. The first-order valence-corrected chi connectivity index (χ1v) is 13.3. The van der Waals surface area contributed by atoms with E-state index in [1.54, 1.807) is 24.3 Å². The maximum absolute atomic E-state index is 13.7. The molecule has 11 nitrogen and oxygen atoms in total. The lowest BCUT2D eigenvalue weighted by Crippen LogP contribution is -2.69. The summed E-state index contributed by atoms with van der Waals surface area (Å²) in [6.07, 6.45) is 0.591. The van der Waals surface area contributed by atoms with Gasteiger partial charge in [-0.25, -0.2) is 4.79 Å². The molecule has 3 fully saturated rings. The number of benzene rings is 1. The lowest BCUT2D eigenvalue weighted by Gasteiger charge is -2.47. The standard InChI is InChI=1S/C22H30ClN3O8S/c1-32-12-13-33-21(29)24-14-17-6-9-22(15-24,20(27)28)26(17)35(30,31)25-10-7-19(8-11-25)34-18-4-2-16(23)3-5-18/h2-5,17,19H,6-15H2,1H3,(H,27,28). The summed E-state index contributed by atoms with van der Waals surface area (Å²) in [7, 11) is -2.61. The van der Waals surface area contributed by atoms with Crippen LogP contribution in [0.1, 0.15) is 25.7 Å². The highest BCUT2D eigenvalue weighted by molar-refractivity contribution is 7.86. The third-order valence-electron chi connectivity index (χ3n) is 6.79. The summed E-state index contributed by atoms with van der Waals surface area (Å²) in [6.45, 7) is 0.484. The van der Waals surface area contributed by atoms with E-state index in [2.05, 4.69) is 0 Å². The molecule has 1 N–H and O–H groups in total. The average molecular weight is 532 g/mol. The summed E-state index contributed by atoms with van der Waals surface area (Å²) in [6, 6.07) is 6.34. The number of carboxylic acid groups (broad SMARTS) is 1. The van der Waals surface area contributed by atoms with E-state index in [0.29, 0.717) is 30.0 Å². The van der Waals surface area contributed by atoms with Crippen LogP contribution in [-0.2, 0) is 24.5 Å². The van der Waals surface area contributed by atoms with E-state index in [0.717, 1.165) is 4.31 Å². The molecule has 0 aromatic heterocycles. The minimum absolute atomic E-state index is 0.0334. The number of ether oxygens (including phenoxy) is 3. The molecule has 4 rings (SSSR count). The predicted octanol–water partition coefficient (Wildman–Crippen LogP) is 1.81. The van der Waals surface area contributed by atoms with Crippen LogP contribution in [0.4, 0.5) is 4.79 Å². The van der Waals surface area contributed by atoms with E-state index >= 15 is 0 Å². The summed E-state index contributed by atoms with van der Waals surface area (Å²) in [5.74, 6) is -0.606. The number of carboxylic acids is 1. The van der Waals surface area contributed by atoms with E-state index in [1.165, 1.54) is 16.3 Å². The van der Waals surface area contributed by atoms with Gasteiger partial charge in [-0.2, -0.15) is 17.0 Å². The number of hydrogen-bond donors (Lipinski definition) is 1. The molecule has 1 aromatic rings. The highest BCUT2D eigenvalue weighted by Crippen LogP contribution is 2.43. The second-order valence-corrected chi connectivity index (χ2v) is 11.2. The number of nitrogens with zero attached hydrogens (tertiary/aromatic N) is 3. The maximum Gasteiger partial charge on any atom is 0.409 e. The van der Waals surface area contributed by atoms with E-state index in [4.69, 9.17) is 25.8 Å². The van der Waals surface area contributed by atoms with E-state index in [1.807, 2.05) is 0 Å². The number of halogens is 1. The van der Waals surface area contributed by atoms with Crippen molar-refractivity contribution in [3.05, 3.63) is 29.3 Å². The molecule has 3 aliphatic rings. The number of carbonyl (C=O) groups excluding carboxylic acids is 1. The van der Waals surface area contributed by atoms with Gasteiger partial charge < -0.3 is 24.2 Å². The molecule has 2 unspecified atom stereocenters. The fraction of sp³-hybridized carbons (Fsp3) is 0.636. The molecule has 0 spiro atoms. The number of fused-ring (bicyclic) bond motifs is 2. The number of rotatable bonds is 8. The smallest absolute Gasteiger partial charge is 0.409 e. The number of amides is 1. The summed E-state index contributed by atoms with van der Waals surface area (Å²) < 4.78 is 45.8. The zero-order valence-electron chi connectivity index (χ0n) is 19.5. The maximum atomic E-state index is 13.7. The fourth-order valence-corrected chi connectivity index (χ4v) is 7.33. The Morgan fingerprint density at radius 1 is 1.14 bits per heavy atom. The van der Waals surface area contributed by atoms with Gasteiger partial charge in [-0.05, 0) is 49.9 Å². The number of aliphatic carboxylic acids is 1. The molecule has 3 saturated heterocycles. The lowest BCUT2D eigenvalue weighted by atomic mass is 9.97. The van der Waals surface area contributed by atoms with Crippen molar-refractivity contribution >= 4 is 33.9 Å². The van der Waals surface area contributed by atoms with E-state index in [9.17, 15) is 23.1 Å². The van der Waals surface area contributed by atoms with Gasteiger partial charge in [0.05, 0.1) is 13.2 Å². The Bertz CT molecular complexity index is 1030. The lowest BCUT2D eigenvalue weighted by molar-refractivity contribution is -0.150. The highest BCUT2D eigenvalue weighted by atomic mass is 35.5. The van der Waals surface area contributed by atoms with Crippen LogP contribution in [-0.4, -0.2) is 103 Å². The van der Waals surface area contributed by atoms with Gasteiger partial charge in [0.15, 0.2) is 5.54 Å². The first-order valence-electron chi connectivity index (χ1n) is 11.5. The topological polar surface area (TPSA) is 126 Å². The quantitative estimate of drug-likeness (QED) is 0.503. The molecule has 0 radical (unpaired) electrons. The van der Waals surface area contributed by atoms with Gasteiger partial charge in [0.2, 0.25) is 0 Å². The van der Waals surface area contributed by atoms with Crippen LogP contribution in [0.25, 0.3) is 0 Å². The number of piperazine rings is 1. The minimum Gasteiger partial charge on any atom is -0.490 e. The number of carbonyl (C=O) groups is 2. The Labute approximate surface area is 209 Å². The van der Waals surface area contributed by atoms with Crippen molar-refractivity contribution in [1.29, 1.82) is 0 Å². The van der Waals surface area contributed by atoms with Crippen LogP contribution < -0.4 is 4.74 Å². The predicted molar refractivity (Wildman–Crippen MR) is 126 cm³/mol. The van der Waals surface area contributed by atoms with Gasteiger partial charge >= 0.3 is 12.1 Å². The molecule has 1 amide bonds. The molecule has 3 heterocycles. The highest BCUT2D eigenvalue weighted by Gasteiger charge is 2.63. The Morgan fingerprint density at radius 3 is 2.46 bits per heavy atom. The van der Waals surface area contributed by atoms with Crippen LogP contribution in [0.2, 0.25) is 5.02 Å². The Morgan fingerprint density at radius 2 is 1.83 bits per heavy atom. The van der Waals surface area contributed by atoms with Crippen molar-refractivity contribution < 1.29 is 37.3 Å². The van der Waals surface area contributed by atoms with Crippen LogP contribution in [0.5, 0.6) is 5.75 Å². The van der Waals surface area contributed by atoms with E-state index in [-0.39, 0.29) is 51.9 Å². The number of likely N-dealkylation sites (tertiary alicyclic amines) is 1. The summed E-state index contributed by atoms with van der Waals surface area (Å²) >= 11 is 5.91. The van der Waals surface area contributed by atoms with Crippen LogP contribution in [0, 0.1) is 0 Å². The molecule has 194 valence electrons. The van der Waals surface area contributed by atoms with Gasteiger partial charge in [0.25, 0.3) is 10.2 Å². The zero-order chi connectivity index (χ0) is 25.2. The molecular formula is C22H30ClN3O8S. The fourth-order valence-electron chi connectivity index (χ4n) is 5.06. The molecule has 2 bridgehead atoms. The summed E-state index contributed by atoms with van der Waals surface area (Å²) in [5, 5.41) is 10.7. The molecule has 0 saturated carbocycles. The monoisotopic (exact) mass is 531 g/mol. The molecule has 2 atom stereocenters. The Balaban J connectivity index is 1.44. The molecule has 13 heteroatoms. The SMILES string of the molecule is COCCOC(=O)N1CC2CCC(C(=O)O)(C1)N2S(=O)(=O)N1CCC(Oc2ccc(Cl)cc2)CC1. The molecular weight excluding hydrogens is 502 g/mol. The van der Waals surface area contributed by atoms with Crippen molar-refractivity contribution in [1.82, 2.24) is 13.5 Å². The average Bonchev–Trinajstić information content (AvgIpc) is 3.09. The molecule has 3 aliphatic heterocycles. The van der Waals surface area contributed by atoms with Gasteiger partial charge in [-0.3, -0.25) is 4.79 Å². The second-order valence-electron chi connectivity index (χ2n) is 8.99. The number of methoxy groups -OCH3 is 1. The van der Waals surface area contributed by atoms with Crippen molar-refractivity contribution in [3.8, 4) is 5.75 Å². The van der Waals surface area contributed by atoms with Crippen molar-refractivity contribution in [3.63, 3.8) is 0 Å². The first kappa shape index (κ1) is 26.0. The van der Waals surface area contributed by atoms with Gasteiger partial charge in [-0.15, -0.1) is 0 Å². The largest absolute Gasteiger partial charge is 0.490 e. The van der Waals surface area contributed by atoms with Crippen molar-refractivity contribution in [2.75, 3.05) is 46.5 Å². The van der Waals surface area contributed by atoms with Crippen molar-refractivity contribution in [2.45, 2.75) is 43.4 Å². The Hall–Kier alpha value is -2.12. The van der Waals surface area contributed by atoms with Crippen LogP contribution >= 0.6 is 11.6 Å². The van der Waals surface area contributed by atoms with Gasteiger partial charge in [-0.1, -0.05) is 11.6 Å². The summed E-state index contributed by atoms with van der Waals surface area (Å²) in [5.41, 5.74) is -1.72. The third-order valence-corrected chi connectivity index (χ3v) is 9.20. The van der Waals surface area contributed by atoms with Crippen LogP contribution in [0.3, 0.4) is 0 Å². The van der Waals surface area contributed by atoms with Crippen molar-refractivity contribution in [2.24, 2.45) is 0 Å². The minimum atomic E-state index is -4.08. The van der Waals surface area contributed by atoms with Gasteiger partial charge in [0.1, 0.15) is 18.5 Å². The van der Waals surface area contributed by atoms with E-state index < -0.39 is 33.9 Å². The van der Waals surface area contributed by atoms with Crippen LogP contribution in [0.15, 0.2) is 24.3 Å². The molecule has 0 aliphatic carbocycles. The normalized spacial score (nSPS) is 26.0. The second kappa shape index (κ2) is 10.5. The molecule has 1 aromatic carbocycles. The Kier molecular flexibility index (Phi) is 7.77. The number of piperidine rings is 1.